The number of thiophene rings is 1. The fourth-order valence-electron chi connectivity index (χ4n) is 3.04. The predicted molar refractivity (Wildman–Crippen MR) is 116 cm³/mol. The molecule has 1 N–H and O–H groups in total. The third-order valence-corrected chi connectivity index (χ3v) is 5.38. The van der Waals surface area contributed by atoms with E-state index in [9.17, 15) is 4.79 Å². The van der Waals surface area contributed by atoms with E-state index in [-0.39, 0.29) is 5.78 Å². The van der Waals surface area contributed by atoms with Gasteiger partial charge in [-0.05, 0) is 42.0 Å². The molecule has 4 aromatic rings. The van der Waals surface area contributed by atoms with Gasteiger partial charge in [-0.1, -0.05) is 48.5 Å². The molecule has 138 valence electrons. The summed E-state index contributed by atoms with van der Waals surface area (Å²) in [7, 11) is 1.62. The molecule has 0 unspecified atom stereocenters. The topological polar surface area (TPSA) is 38.3 Å². The van der Waals surface area contributed by atoms with Crippen LogP contribution in [-0.4, -0.2) is 12.9 Å². The maximum atomic E-state index is 13.4. The predicted octanol–water partition coefficient (Wildman–Crippen LogP) is 6.40. The normalized spacial score (nSPS) is 10.5. The second kappa shape index (κ2) is 8.11. The van der Waals surface area contributed by atoms with Crippen LogP contribution < -0.4 is 10.1 Å². The first-order valence-corrected chi connectivity index (χ1v) is 9.82. The van der Waals surface area contributed by atoms with Gasteiger partial charge in [0.25, 0.3) is 0 Å². The van der Waals surface area contributed by atoms with Gasteiger partial charge >= 0.3 is 0 Å². The number of carbonyl (C=O) groups excluding carboxylic acids is 1. The lowest BCUT2D eigenvalue weighted by molar-refractivity contribution is 0.104. The zero-order valence-electron chi connectivity index (χ0n) is 15.4. The number of hydrogen-bond acceptors (Lipinski definition) is 4. The third-order valence-electron chi connectivity index (χ3n) is 4.49. The zero-order chi connectivity index (χ0) is 19.3. The fraction of sp³-hybridized carbons (Fsp3) is 0.0417. The van der Waals surface area contributed by atoms with Gasteiger partial charge in [0, 0.05) is 22.2 Å². The summed E-state index contributed by atoms with van der Waals surface area (Å²) < 4.78 is 5.21. The van der Waals surface area contributed by atoms with Crippen LogP contribution in [0.15, 0.2) is 90.3 Å². The van der Waals surface area contributed by atoms with Crippen molar-refractivity contribution in [1.29, 1.82) is 0 Å². The molecule has 0 saturated heterocycles. The second-order valence-electron chi connectivity index (χ2n) is 6.27. The summed E-state index contributed by atoms with van der Waals surface area (Å²) in [6, 6.07) is 27.1. The van der Waals surface area contributed by atoms with E-state index in [1.165, 1.54) is 11.3 Å². The molecule has 0 atom stereocenters. The van der Waals surface area contributed by atoms with E-state index in [0.29, 0.717) is 11.1 Å². The van der Waals surface area contributed by atoms with Gasteiger partial charge in [-0.25, -0.2) is 0 Å². The Bertz CT molecular complexity index is 1070. The van der Waals surface area contributed by atoms with Gasteiger partial charge < -0.3 is 10.1 Å². The van der Waals surface area contributed by atoms with Crippen molar-refractivity contribution in [3.8, 4) is 16.9 Å². The van der Waals surface area contributed by atoms with E-state index >= 15 is 0 Å². The SMILES string of the molecule is COc1ccc(C(=O)c2c(-c3ccccc3)csc2Nc2ccccc2)cc1. The Kier molecular flexibility index (Phi) is 5.22. The highest BCUT2D eigenvalue weighted by Gasteiger charge is 2.21. The number of rotatable bonds is 6. The monoisotopic (exact) mass is 385 g/mol. The van der Waals surface area contributed by atoms with Crippen LogP contribution in [0.1, 0.15) is 15.9 Å². The number of ether oxygens (including phenoxy) is 1. The molecule has 0 bridgehead atoms. The van der Waals surface area contributed by atoms with Crippen molar-refractivity contribution in [1.82, 2.24) is 0 Å². The molecule has 3 aromatic carbocycles. The summed E-state index contributed by atoms with van der Waals surface area (Å²) in [5, 5.41) is 6.29. The highest BCUT2D eigenvalue weighted by Crippen LogP contribution is 2.38. The van der Waals surface area contributed by atoms with Crippen molar-refractivity contribution < 1.29 is 9.53 Å². The van der Waals surface area contributed by atoms with E-state index < -0.39 is 0 Å². The third kappa shape index (κ3) is 3.68. The summed E-state index contributed by atoms with van der Waals surface area (Å²) in [6.45, 7) is 0. The first kappa shape index (κ1) is 18.0. The molecule has 0 amide bonds. The smallest absolute Gasteiger partial charge is 0.196 e. The number of ketones is 1. The number of anilines is 2. The molecular weight excluding hydrogens is 366 g/mol. The molecule has 4 rings (SSSR count). The second-order valence-corrected chi connectivity index (χ2v) is 7.15. The largest absolute Gasteiger partial charge is 0.497 e. The summed E-state index contributed by atoms with van der Waals surface area (Å²) in [5.41, 5.74) is 4.23. The Balaban J connectivity index is 1.79. The number of para-hydroxylation sites is 1. The standard InChI is InChI=1S/C24H19NO2S/c1-27-20-14-12-18(13-15-20)23(26)22-21(17-8-4-2-5-9-17)16-28-24(22)25-19-10-6-3-7-11-19/h2-16,25H,1H3. The molecule has 28 heavy (non-hydrogen) atoms. The fourth-order valence-corrected chi connectivity index (χ4v) is 4.03. The molecule has 3 nitrogen and oxygen atoms in total. The molecule has 4 heteroatoms. The number of nitrogens with one attached hydrogen (secondary N) is 1. The molecule has 0 fully saturated rings. The lowest BCUT2D eigenvalue weighted by Gasteiger charge is -2.10. The molecular formula is C24H19NO2S. The van der Waals surface area contributed by atoms with E-state index in [2.05, 4.69) is 5.32 Å². The first-order valence-electron chi connectivity index (χ1n) is 8.94. The maximum Gasteiger partial charge on any atom is 0.196 e. The number of carbonyl (C=O) groups is 1. The van der Waals surface area contributed by atoms with Crippen LogP contribution in [0.25, 0.3) is 11.1 Å². The highest BCUT2D eigenvalue weighted by atomic mass is 32.1. The minimum Gasteiger partial charge on any atom is -0.497 e. The van der Waals surface area contributed by atoms with Crippen LogP contribution in [0, 0.1) is 0 Å². The van der Waals surface area contributed by atoms with Crippen LogP contribution in [0.2, 0.25) is 0 Å². The Labute approximate surface area is 168 Å². The zero-order valence-corrected chi connectivity index (χ0v) is 16.2. The highest BCUT2D eigenvalue weighted by molar-refractivity contribution is 7.15. The minimum atomic E-state index is -0.0128. The van der Waals surface area contributed by atoms with E-state index in [4.69, 9.17) is 4.74 Å². The lowest BCUT2D eigenvalue weighted by atomic mass is 9.97. The van der Waals surface area contributed by atoms with Gasteiger partial charge in [-0.2, -0.15) is 0 Å². The Morgan fingerprint density at radius 2 is 1.50 bits per heavy atom. The minimum absolute atomic E-state index is 0.0128. The lowest BCUT2D eigenvalue weighted by Crippen LogP contribution is -2.05. The Morgan fingerprint density at radius 1 is 0.857 bits per heavy atom. The van der Waals surface area contributed by atoms with Gasteiger partial charge in [-0.3, -0.25) is 4.79 Å². The molecule has 0 aliphatic heterocycles. The van der Waals surface area contributed by atoms with Crippen LogP contribution in [0.4, 0.5) is 10.7 Å². The number of methoxy groups -OCH3 is 1. The van der Waals surface area contributed by atoms with Crippen LogP contribution in [0.5, 0.6) is 5.75 Å². The van der Waals surface area contributed by atoms with Crippen molar-refractivity contribution >= 4 is 27.8 Å². The molecule has 0 spiro atoms. The molecule has 1 heterocycles. The van der Waals surface area contributed by atoms with Gasteiger partial charge in [0.05, 0.1) is 12.7 Å². The average molecular weight is 385 g/mol. The van der Waals surface area contributed by atoms with Gasteiger partial charge in [-0.15, -0.1) is 11.3 Å². The molecule has 0 saturated carbocycles. The average Bonchev–Trinajstić information content (AvgIpc) is 3.18. The van der Waals surface area contributed by atoms with Crippen LogP contribution >= 0.6 is 11.3 Å². The summed E-state index contributed by atoms with van der Waals surface area (Å²) in [6.07, 6.45) is 0. The molecule has 0 radical (unpaired) electrons. The first-order chi connectivity index (χ1) is 13.8. The van der Waals surface area contributed by atoms with Gasteiger partial charge in [0.2, 0.25) is 0 Å². The molecule has 0 aliphatic carbocycles. The summed E-state index contributed by atoms with van der Waals surface area (Å²) in [4.78, 5) is 13.4. The van der Waals surface area contributed by atoms with Gasteiger partial charge in [0.15, 0.2) is 5.78 Å². The number of benzene rings is 3. The molecule has 0 aliphatic rings. The van der Waals surface area contributed by atoms with Crippen molar-refractivity contribution in [3.05, 3.63) is 101 Å². The van der Waals surface area contributed by atoms with Crippen molar-refractivity contribution in [3.63, 3.8) is 0 Å². The van der Waals surface area contributed by atoms with Crippen molar-refractivity contribution in [2.24, 2.45) is 0 Å². The Morgan fingerprint density at radius 3 is 2.14 bits per heavy atom. The van der Waals surface area contributed by atoms with Crippen LogP contribution in [0.3, 0.4) is 0 Å². The van der Waals surface area contributed by atoms with Gasteiger partial charge in [0.1, 0.15) is 10.8 Å². The quantitative estimate of drug-likeness (QED) is 0.390. The Hall–Kier alpha value is -3.37. The summed E-state index contributed by atoms with van der Waals surface area (Å²) in [5.74, 6) is 0.717. The summed E-state index contributed by atoms with van der Waals surface area (Å²) >= 11 is 1.54. The van der Waals surface area contributed by atoms with E-state index in [1.807, 2.05) is 78.2 Å². The maximum absolute atomic E-state index is 13.4. The van der Waals surface area contributed by atoms with Crippen LogP contribution in [-0.2, 0) is 0 Å². The molecule has 1 aromatic heterocycles. The number of hydrogen-bond donors (Lipinski definition) is 1. The van der Waals surface area contributed by atoms with E-state index in [1.54, 1.807) is 19.2 Å². The van der Waals surface area contributed by atoms with Crippen molar-refractivity contribution in [2.75, 3.05) is 12.4 Å². The van der Waals surface area contributed by atoms with E-state index in [0.717, 1.165) is 27.6 Å². The van der Waals surface area contributed by atoms with Crippen molar-refractivity contribution in [2.45, 2.75) is 0 Å².